The lowest BCUT2D eigenvalue weighted by Crippen LogP contribution is -2.44. The Morgan fingerprint density at radius 3 is 2.47 bits per heavy atom. The Labute approximate surface area is 212 Å². The highest BCUT2D eigenvalue weighted by Crippen LogP contribution is 2.27. The van der Waals surface area contributed by atoms with Gasteiger partial charge in [-0.2, -0.15) is 4.31 Å². The van der Waals surface area contributed by atoms with E-state index in [0.717, 1.165) is 12.0 Å². The van der Waals surface area contributed by atoms with Crippen molar-refractivity contribution in [1.82, 2.24) is 14.9 Å². The fraction of sp³-hybridized carbons (Fsp3) is 0.385. The van der Waals surface area contributed by atoms with Crippen LogP contribution in [-0.2, 0) is 21.2 Å². The third-order valence-electron chi connectivity index (χ3n) is 6.07. The summed E-state index contributed by atoms with van der Waals surface area (Å²) in [4.78, 5) is 24.4. The van der Waals surface area contributed by atoms with Gasteiger partial charge >= 0.3 is 0 Å². The molecule has 2 aromatic rings. The Morgan fingerprint density at radius 2 is 1.81 bits per heavy atom. The van der Waals surface area contributed by atoms with E-state index in [1.54, 1.807) is 14.2 Å². The van der Waals surface area contributed by atoms with Crippen LogP contribution in [0.25, 0.3) is 0 Å². The fourth-order valence-corrected chi connectivity index (χ4v) is 5.61. The zero-order valence-electron chi connectivity index (χ0n) is 20.7. The van der Waals surface area contributed by atoms with Crippen molar-refractivity contribution in [3.05, 3.63) is 66.2 Å². The summed E-state index contributed by atoms with van der Waals surface area (Å²) in [5, 5.41) is 5.65. The molecule has 9 nitrogen and oxygen atoms in total. The number of methoxy groups -OCH3 is 2. The van der Waals surface area contributed by atoms with Crippen molar-refractivity contribution >= 4 is 21.8 Å². The summed E-state index contributed by atoms with van der Waals surface area (Å²) in [6.45, 7) is 4.42. The van der Waals surface area contributed by atoms with Crippen LogP contribution in [0.4, 0.5) is 0 Å². The molecule has 194 valence electrons. The van der Waals surface area contributed by atoms with Crippen LogP contribution < -0.4 is 20.1 Å². The minimum Gasteiger partial charge on any atom is -0.493 e. The molecule has 0 spiro atoms. The van der Waals surface area contributed by atoms with Crippen molar-refractivity contribution in [2.45, 2.75) is 36.6 Å². The van der Waals surface area contributed by atoms with Gasteiger partial charge < -0.3 is 20.1 Å². The highest BCUT2D eigenvalue weighted by atomic mass is 32.2. The molecule has 0 saturated carbocycles. The van der Waals surface area contributed by atoms with Gasteiger partial charge in [-0.1, -0.05) is 19.1 Å². The summed E-state index contributed by atoms with van der Waals surface area (Å²) in [5.41, 5.74) is 1.35. The van der Waals surface area contributed by atoms with E-state index in [0.29, 0.717) is 49.4 Å². The quantitative estimate of drug-likeness (QED) is 0.470. The van der Waals surface area contributed by atoms with Gasteiger partial charge in [0.15, 0.2) is 11.5 Å². The number of nitrogens with one attached hydrogen (secondary N) is 2. The van der Waals surface area contributed by atoms with Gasteiger partial charge in [-0.05, 0) is 67.3 Å². The molecule has 1 fully saturated rings. The first kappa shape index (κ1) is 27.2. The average molecular weight is 516 g/mol. The first-order valence-corrected chi connectivity index (χ1v) is 13.2. The second-order valence-electron chi connectivity index (χ2n) is 8.49. The van der Waals surface area contributed by atoms with E-state index in [9.17, 15) is 18.0 Å². The Hall–Kier alpha value is -3.37. The Balaban J connectivity index is 1.60. The molecule has 1 heterocycles. The molecular weight excluding hydrogens is 482 g/mol. The zero-order valence-corrected chi connectivity index (χ0v) is 21.5. The second-order valence-corrected chi connectivity index (χ2v) is 10.4. The van der Waals surface area contributed by atoms with E-state index in [4.69, 9.17) is 9.47 Å². The van der Waals surface area contributed by atoms with Crippen LogP contribution in [0.5, 0.6) is 11.5 Å². The molecule has 2 amide bonds. The van der Waals surface area contributed by atoms with Crippen LogP contribution >= 0.6 is 0 Å². The smallest absolute Gasteiger partial charge is 0.251 e. The monoisotopic (exact) mass is 515 g/mol. The van der Waals surface area contributed by atoms with Gasteiger partial charge in [0, 0.05) is 31.2 Å². The van der Waals surface area contributed by atoms with Gasteiger partial charge in [0.2, 0.25) is 15.9 Å². The predicted molar refractivity (Wildman–Crippen MR) is 137 cm³/mol. The van der Waals surface area contributed by atoms with Crippen molar-refractivity contribution in [3.63, 3.8) is 0 Å². The summed E-state index contributed by atoms with van der Waals surface area (Å²) in [7, 11) is -0.626. The molecule has 0 aliphatic carbocycles. The molecular formula is C26H33N3O6S. The number of ether oxygens (including phenoxy) is 2. The molecule has 2 N–H and O–H groups in total. The highest BCUT2D eigenvalue weighted by Gasteiger charge is 2.29. The van der Waals surface area contributed by atoms with E-state index in [2.05, 4.69) is 17.2 Å². The summed E-state index contributed by atoms with van der Waals surface area (Å²) in [6, 6.07) is 11.2. The van der Waals surface area contributed by atoms with Crippen LogP contribution in [0.1, 0.15) is 35.2 Å². The van der Waals surface area contributed by atoms with Crippen molar-refractivity contribution in [3.8, 4) is 11.5 Å². The molecule has 3 rings (SSSR count). The molecule has 10 heteroatoms. The highest BCUT2D eigenvalue weighted by molar-refractivity contribution is 7.89. The first-order chi connectivity index (χ1) is 17.3. The maximum Gasteiger partial charge on any atom is 0.251 e. The Kier molecular flexibility index (Phi) is 9.49. The van der Waals surface area contributed by atoms with Gasteiger partial charge in [-0.25, -0.2) is 8.42 Å². The third-order valence-corrected chi connectivity index (χ3v) is 7.95. The van der Waals surface area contributed by atoms with Crippen LogP contribution in [0, 0.1) is 0 Å². The van der Waals surface area contributed by atoms with Gasteiger partial charge in [0.05, 0.1) is 19.1 Å². The average Bonchev–Trinajstić information content (AvgIpc) is 3.14. The lowest BCUT2D eigenvalue weighted by molar-refractivity contribution is -0.117. The van der Waals surface area contributed by atoms with E-state index >= 15 is 0 Å². The maximum absolute atomic E-state index is 13.2. The molecule has 36 heavy (non-hydrogen) atoms. The molecule has 0 aromatic heterocycles. The number of carbonyl (C=O) groups is 2. The summed E-state index contributed by atoms with van der Waals surface area (Å²) < 4.78 is 38.4. The van der Waals surface area contributed by atoms with Crippen molar-refractivity contribution in [2.75, 3.05) is 33.9 Å². The van der Waals surface area contributed by atoms with Crippen molar-refractivity contribution < 1.29 is 27.5 Å². The van der Waals surface area contributed by atoms with Gasteiger partial charge in [-0.3, -0.25) is 9.59 Å². The topological polar surface area (TPSA) is 114 Å². The zero-order chi connectivity index (χ0) is 26.1. The molecule has 0 bridgehead atoms. The third kappa shape index (κ3) is 6.86. The Bertz CT molecular complexity index is 1180. The normalized spacial score (nSPS) is 16.4. The summed E-state index contributed by atoms with van der Waals surface area (Å²) in [5.74, 6) is 0.650. The van der Waals surface area contributed by atoms with E-state index < -0.39 is 10.0 Å². The fourth-order valence-electron chi connectivity index (χ4n) is 4.09. The SMILES string of the molecule is C=CC(=O)NC1CCCCN(S(=O)(=O)c2ccc(C(=O)NCCc3ccc(OC)c(OC)c3)cc2)C1. The maximum atomic E-state index is 13.2. The molecule has 1 aliphatic heterocycles. The number of benzene rings is 2. The van der Waals surface area contributed by atoms with Crippen LogP contribution in [0.3, 0.4) is 0 Å². The number of nitrogens with zero attached hydrogens (tertiary/aromatic N) is 1. The Morgan fingerprint density at radius 1 is 1.08 bits per heavy atom. The largest absolute Gasteiger partial charge is 0.493 e. The molecule has 1 unspecified atom stereocenters. The number of hydrogen-bond donors (Lipinski definition) is 2. The minimum atomic E-state index is -3.77. The standard InChI is InChI=1S/C26H33N3O6S/c1-4-25(30)28-21-7-5-6-16-29(18-21)36(32,33)22-11-9-20(10-12-22)26(31)27-15-14-19-8-13-23(34-2)24(17-19)35-3/h4,8-13,17,21H,1,5-7,14-16,18H2,2-3H3,(H,27,31)(H,28,30). The van der Waals surface area contributed by atoms with Crippen molar-refractivity contribution in [2.24, 2.45) is 0 Å². The molecule has 2 aromatic carbocycles. The summed E-state index contributed by atoms with van der Waals surface area (Å²) >= 11 is 0. The predicted octanol–water partition coefficient (Wildman–Crippen LogP) is 2.52. The van der Waals surface area contributed by atoms with E-state index in [1.165, 1.54) is 34.6 Å². The molecule has 0 radical (unpaired) electrons. The number of carbonyl (C=O) groups excluding carboxylic acids is 2. The molecule has 1 atom stereocenters. The number of sulfonamides is 1. The van der Waals surface area contributed by atoms with Gasteiger partial charge in [-0.15, -0.1) is 0 Å². The number of amides is 2. The lowest BCUT2D eigenvalue weighted by Gasteiger charge is -2.24. The van der Waals surface area contributed by atoms with Crippen molar-refractivity contribution in [1.29, 1.82) is 0 Å². The first-order valence-electron chi connectivity index (χ1n) is 11.8. The van der Waals surface area contributed by atoms with Crippen LogP contribution in [-0.4, -0.2) is 64.4 Å². The molecule has 1 aliphatic rings. The van der Waals surface area contributed by atoms with Crippen LogP contribution in [0.2, 0.25) is 0 Å². The van der Waals surface area contributed by atoms with E-state index in [1.807, 2.05) is 18.2 Å². The number of hydrogen-bond acceptors (Lipinski definition) is 6. The summed E-state index contributed by atoms with van der Waals surface area (Å²) in [6.07, 6.45) is 4.00. The second kappa shape index (κ2) is 12.5. The van der Waals surface area contributed by atoms with Gasteiger partial charge in [0.25, 0.3) is 5.91 Å². The minimum absolute atomic E-state index is 0.111. The van der Waals surface area contributed by atoms with Crippen LogP contribution in [0.15, 0.2) is 60.0 Å². The molecule has 1 saturated heterocycles. The lowest BCUT2D eigenvalue weighted by atomic mass is 10.1. The number of rotatable bonds is 10. The van der Waals surface area contributed by atoms with E-state index in [-0.39, 0.29) is 29.3 Å². The van der Waals surface area contributed by atoms with Gasteiger partial charge in [0.1, 0.15) is 0 Å².